The molecule has 0 aliphatic heterocycles. The third kappa shape index (κ3) is 3.60. The molecule has 1 amide bonds. The van der Waals surface area contributed by atoms with E-state index in [4.69, 9.17) is 11.6 Å². The summed E-state index contributed by atoms with van der Waals surface area (Å²) >= 11 is 7.52. The van der Waals surface area contributed by atoms with Crippen LogP contribution in [-0.4, -0.2) is 20.3 Å². The SMILES string of the molecule is O=C(Nc1ncc(Cc2ccccc2Cl)s1)c1cnc2ccccn2c1=O. The van der Waals surface area contributed by atoms with Crippen LogP contribution in [0.2, 0.25) is 5.02 Å². The molecule has 0 saturated carbocycles. The Kier molecular flexibility index (Phi) is 4.70. The number of carbonyl (C=O) groups is 1. The van der Waals surface area contributed by atoms with Gasteiger partial charge in [0, 0.05) is 34.9 Å². The second-order valence-electron chi connectivity index (χ2n) is 5.76. The first-order valence-corrected chi connectivity index (χ1v) is 9.27. The number of carbonyl (C=O) groups excluding carboxylic acids is 1. The van der Waals surface area contributed by atoms with Crippen LogP contribution < -0.4 is 10.9 Å². The molecular formula is C19H13ClN4O2S. The fourth-order valence-corrected chi connectivity index (χ4v) is 3.66. The second-order valence-corrected chi connectivity index (χ2v) is 7.28. The number of aromatic nitrogens is 3. The van der Waals surface area contributed by atoms with E-state index in [0.29, 0.717) is 22.2 Å². The number of amides is 1. The zero-order valence-corrected chi connectivity index (χ0v) is 15.5. The number of anilines is 1. The van der Waals surface area contributed by atoms with Crippen molar-refractivity contribution in [2.45, 2.75) is 6.42 Å². The molecule has 0 atom stereocenters. The summed E-state index contributed by atoms with van der Waals surface area (Å²) in [4.78, 5) is 34.3. The van der Waals surface area contributed by atoms with Gasteiger partial charge in [-0.05, 0) is 23.8 Å². The minimum absolute atomic E-state index is 0.0402. The first kappa shape index (κ1) is 17.4. The smallest absolute Gasteiger partial charge is 0.270 e. The third-order valence-electron chi connectivity index (χ3n) is 3.95. The first-order valence-electron chi connectivity index (χ1n) is 8.07. The number of thiazole rings is 1. The topological polar surface area (TPSA) is 76.4 Å². The number of halogens is 1. The van der Waals surface area contributed by atoms with Gasteiger partial charge in [0.15, 0.2) is 5.13 Å². The van der Waals surface area contributed by atoms with Gasteiger partial charge in [0.25, 0.3) is 11.5 Å². The summed E-state index contributed by atoms with van der Waals surface area (Å²) in [6.45, 7) is 0. The summed E-state index contributed by atoms with van der Waals surface area (Å²) in [6.07, 6.45) is 5.17. The number of benzene rings is 1. The summed E-state index contributed by atoms with van der Waals surface area (Å²) in [7, 11) is 0. The maximum atomic E-state index is 12.5. The lowest BCUT2D eigenvalue weighted by Crippen LogP contribution is -2.26. The van der Waals surface area contributed by atoms with Crippen LogP contribution in [0.1, 0.15) is 20.8 Å². The van der Waals surface area contributed by atoms with E-state index in [2.05, 4.69) is 15.3 Å². The van der Waals surface area contributed by atoms with Gasteiger partial charge < -0.3 is 0 Å². The number of pyridine rings is 1. The van der Waals surface area contributed by atoms with Crippen LogP contribution in [0, 0.1) is 0 Å². The Morgan fingerprint density at radius 1 is 1.11 bits per heavy atom. The first-order chi connectivity index (χ1) is 13.1. The normalized spacial score (nSPS) is 10.9. The average molecular weight is 397 g/mol. The Morgan fingerprint density at radius 2 is 1.93 bits per heavy atom. The van der Waals surface area contributed by atoms with E-state index in [-0.39, 0.29) is 5.56 Å². The van der Waals surface area contributed by atoms with Crippen molar-refractivity contribution in [3.05, 3.63) is 92.4 Å². The second kappa shape index (κ2) is 7.30. The minimum atomic E-state index is -0.538. The van der Waals surface area contributed by atoms with Crippen LogP contribution in [0.4, 0.5) is 5.13 Å². The summed E-state index contributed by atoms with van der Waals surface area (Å²) in [5, 5.41) is 3.77. The standard InChI is InChI=1S/C19H13ClN4O2S/c20-15-6-2-1-5-12(15)9-13-10-22-19(27-13)23-17(25)14-11-21-16-7-3-4-8-24(16)18(14)26/h1-8,10-11H,9H2,(H,22,23,25). The molecular weight excluding hydrogens is 384 g/mol. The molecule has 0 bridgehead atoms. The van der Waals surface area contributed by atoms with Crippen molar-refractivity contribution >= 4 is 39.6 Å². The van der Waals surface area contributed by atoms with E-state index >= 15 is 0 Å². The monoisotopic (exact) mass is 396 g/mol. The summed E-state index contributed by atoms with van der Waals surface area (Å²) in [5.41, 5.74) is 1.00. The van der Waals surface area contributed by atoms with E-state index in [1.165, 1.54) is 21.9 Å². The molecule has 0 unspecified atom stereocenters. The highest BCUT2D eigenvalue weighted by Crippen LogP contribution is 2.24. The highest BCUT2D eigenvalue weighted by Gasteiger charge is 2.15. The Balaban J connectivity index is 1.54. The molecule has 0 aliphatic rings. The maximum absolute atomic E-state index is 12.5. The number of hydrogen-bond donors (Lipinski definition) is 1. The van der Waals surface area contributed by atoms with E-state index < -0.39 is 11.5 Å². The van der Waals surface area contributed by atoms with Crippen molar-refractivity contribution in [1.29, 1.82) is 0 Å². The molecule has 4 aromatic rings. The van der Waals surface area contributed by atoms with Gasteiger partial charge in [-0.15, -0.1) is 11.3 Å². The molecule has 3 aromatic heterocycles. The minimum Gasteiger partial charge on any atom is -0.298 e. The van der Waals surface area contributed by atoms with Crippen LogP contribution >= 0.6 is 22.9 Å². The Morgan fingerprint density at radius 3 is 2.78 bits per heavy atom. The lowest BCUT2D eigenvalue weighted by atomic mass is 10.1. The van der Waals surface area contributed by atoms with Crippen molar-refractivity contribution in [2.24, 2.45) is 0 Å². The van der Waals surface area contributed by atoms with E-state index in [9.17, 15) is 9.59 Å². The highest BCUT2D eigenvalue weighted by molar-refractivity contribution is 7.15. The van der Waals surface area contributed by atoms with E-state index in [1.54, 1.807) is 30.6 Å². The fraction of sp³-hybridized carbons (Fsp3) is 0.0526. The van der Waals surface area contributed by atoms with Crippen molar-refractivity contribution < 1.29 is 4.79 Å². The predicted molar refractivity (Wildman–Crippen MR) is 106 cm³/mol. The van der Waals surface area contributed by atoms with Gasteiger partial charge in [0.05, 0.1) is 0 Å². The molecule has 0 aliphatic carbocycles. The van der Waals surface area contributed by atoms with Crippen molar-refractivity contribution in [1.82, 2.24) is 14.4 Å². The zero-order chi connectivity index (χ0) is 18.8. The molecule has 0 fully saturated rings. The van der Waals surface area contributed by atoms with Crippen molar-refractivity contribution in [2.75, 3.05) is 5.32 Å². The number of rotatable bonds is 4. The molecule has 0 saturated heterocycles. The van der Waals surface area contributed by atoms with Gasteiger partial charge in [-0.1, -0.05) is 35.9 Å². The molecule has 0 radical (unpaired) electrons. The predicted octanol–water partition coefficient (Wildman–Crippen LogP) is 3.65. The Labute approximate surface area is 163 Å². The molecule has 134 valence electrons. The number of nitrogens with one attached hydrogen (secondary N) is 1. The summed E-state index contributed by atoms with van der Waals surface area (Å²) < 4.78 is 1.33. The molecule has 1 N–H and O–H groups in total. The molecule has 3 heterocycles. The van der Waals surface area contributed by atoms with Gasteiger partial charge in [-0.3, -0.25) is 19.3 Å². The molecule has 8 heteroatoms. The fourth-order valence-electron chi connectivity index (χ4n) is 2.62. The average Bonchev–Trinajstić information content (AvgIpc) is 3.11. The molecule has 4 rings (SSSR count). The van der Waals surface area contributed by atoms with Crippen LogP contribution in [0.15, 0.2) is 65.8 Å². The lowest BCUT2D eigenvalue weighted by Gasteiger charge is -2.03. The van der Waals surface area contributed by atoms with Crippen molar-refractivity contribution in [3.8, 4) is 0 Å². The third-order valence-corrected chi connectivity index (χ3v) is 5.24. The molecule has 1 aromatic carbocycles. The van der Waals surface area contributed by atoms with Crippen LogP contribution in [0.5, 0.6) is 0 Å². The van der Waals surface area contributed by atoms with Gasteiger partial charge in [-0.25, -0.2) is 9.97 Å². The Bertz CT molecular complexity index is 1200. The zero-order valence-electron chi connectivity index (χ0n) is 13.9. The summed E-state index contributed by atoms with van der Waals surface area (Å²) in [6, 6.07) is 12.8. The largest absolute Gasteiger partial charge is 0.298 e. The highest BCUT2D eigenvalue weighted by atomic mass is 35.5. The van der Waals surface area contributed by atoms with Gasteiger partial charge in [0.2, 0.25) is 0 Å². The quantitative estimate of drug-likeness (QED) is 0.571. The van der Waals surface area contributed by atoms with Crippen molar-refractivity contribution in [3.63, 3.8) is 0 Å². The number of hydrogen-bond acceptors (Lipinski definition) is 5. The summed E-state index contributed by atoms with van der Waals surface area (Å²) in [5.74, 6) is -0.538. The lowest BCUT2D eigenvalue weighted by molar-refractivity contribution is 0.102. The van der Waals surface area contributed by atoms with Gasteiger partial charge in [-0.2, -0.15) is 0 Å². The van der Waals surface area contributed by atoms with Gasteiger partial charge >= 0.3 is 0 Å². The molecule has 0 spiro atoms. The van der Waals surface area contributed by atoms with E-state index in [1.807, 2.05) is 24.3 Å². The maximum Gasteiger partial charge on any atom is 0.270 e. The Hall–Kier alpha value is -3.03. The van der Waals surface area contributed by atoms with Crippen LogP contribution in [-0.2, 0) is 6.42 Å². The van der Waals surface area contributed by atoms with E-state index in [0.717, 1.165) is 10.4 Å². The van der Waals surface area contributed by atoms with Gasteiger partial charge in [0.1, 0.15) is 11.2 Å². The molecule has 6 nitrogen and oxygen atoms in total. The number of fused-ring (bicyclic) bond motifs is 1. The van der Waals surface area contributed by atoms with Crippen LogP contribution in [0.25, 0.3) is 5.65 Å². The van der Waals surface area contributed by atoms with Crippen LogP contribution in [0.3, 0.4) is 0 Å². The number of nitrogens with zero attached hydrogens (tertiary/aromatic N) is 3. The molecule has 27 heavy (non-hydrogen) atoms.